The number of hydrogen-bond acceptors (Lipinski definition) is 2. The van der Waals surface area contributed by atoms with Crippen molar-refractivity contribution in [2.75, 3.05) is 26.2 Å². The fraction of sp³-hybridized carbons (Fsp3) is 0.550. The highest BCUT2D eigenvalue weighted by Gasteiger charge is 2.31. The summed E-state index contributed by atoms with van der Waals surface area (Å²) in [6.07, 6.45) is 1.07. The van der Waals surface area contributed by atoms with Gasteiger partial charge in [0.25, 0.3) is 5.91 Å². The lowest BCUT2D eigenvalue weighted by atomic mass is 10.1. The minimum absolute atomic E-state index is 0.149. The van der Waals surface area contributed by atoms with Crippen molar-refractivity contribution in [1.82, 2.24) is 14.8 Å². The van der Waals surface area contributed by atoms with Gasteiger partial charge >= 0.3 is 0 Å². The third-order valence-corrected chi connectivity index (χ3v) is 5.50. The predicted molar refractivity (Wildman–Crippen MR) is 99.7 cm³/mol. The summed E-state index contributed by atoms with van der Waals surface area (Å²) in [4.78, 5) is 20.9. The zero-order valence-electron chi connectivity index (χ0n) is 15.6. The van der Waals surface area contributed by atoms with E-state index in [1.165, 1.54) is 16.5 Å². The summed E-state index contributed by atoms with van der Waals surface area (Å²) in [5, 5.41) is 1.18. The fourth-order valence-corrected chi connectivity index (χ4v) is 4.12. The van der Waals surface area contributed by atoms with Crippen molar-refractivity contribution in [3.63, 3.8) is 0 Å². The second kappa shape index (κ2) is 6.60. The van der Waals surface area contributed by atoms with Crippen LogP contribution in [0.25, 0.3) is 10.9 Å². The van der Waals surface area contributed by atoms with E-state index in [4.69, 9.17) is 0 Å². The van der Waals surface area contributed by atoms with E-state index in [0.29, 0.717) is 6.04 Å². The van der Waals surface area contributed by atoms with Gasteiger partial charge < -0.3 is 9.88 Å². The maximum Gasteiger partial charge on any atom is 0.270 e. The summed E-state index contributed by atoms with van der Waals surface area (Å²) in [6.45, 7) is 14.5. The molecular weight excluding hydrogens is 298 g/mol. The Bertz CT molecular complexity index is 758. The van der Waals surface area contributed by atoms with E-state index in [0.717, 1.165) is 49.4 Å². The molecule has 4 nitrogen and oxygen atoms in total. The number of H-pyrrole nitrogens is 1. The molecule has 1 fully saturated rings. The Labute approximate surface area is 144 Å². The van der Waals surface area contributed by atoms with Gasteiger partial charge in [0, 0.05) is 30.0 Å². The number of aromatic nitrogens is 1. The summed E-state index contributed by atoms with van der Waals surface area (Å²) in [7, 11) is 0. The van der Waals surface area contributed by atoms with Crippen LogP contribution in [0, 0.1) is 20.8 Å². The molecule has 1 saturated heterocycles. The number of benzene rings is 1. The van der Waals surface area contributed by atoms with Crippen molar-refractivity contribution in [2.45, 2.75) is 47.1 Å². The number of hydrogen-bond donors (Lipinski definition) is 1. The van der Waals surface area contributed by atoms with Gasteiger partial charge in [-0.3, -0.25) is 9.69 Å². The topological polar surface area (TPSA) is 39.3 Å². The van der Waals surface area contributed by atoms with Crippen LogP contribution < -0.4 is 0 Å². The second-order valence-electron chi connectivity index (χ2n) is 7.04. The number of nitrogens with one attached hydrogen (secondary N) is 1. The van der Waals surface area contributed by atoms with Crippen molar-refractivity contribution in [3.8, 4) is 0 Å². The Morgan fingerprint density at radius 2 is 1.96 bits per heavy atom. The molecule has 2 aromatic rings. The maximum atomic E-state index is 13.1. The molecule has 130 valence electrons. The van der Waals surface area contributed by atoms with Crippen LogP contribution in [-0.2, 0) is 0 Å². The van der Waals surface area contributed by atoms with E-state index < -0.39 is 0 Å². The van der Waals surface area contributed by atoms with Gasteiger partial charge in [-0.2, -0.15) is 0 Å². The fourth-order valence-electron chi connectivity index (χ4n) is 4.12. The molecule has 1 aliphatic rings. The van der Waals surface area contributed by atoms with Crippen LogP contribution in [0.4, 0.5) is 0 Å². The van der Waals surface area contributed by atoms with Crippen LogP contribution in [0.15, 0.2) is 12.1 Å². The van der Waals surface area contributed by atoms with E-state index in [1.807, 2.05) is 4.90 Å². The van der Waals surface area contributed by atoms with Crippen LogP contribution >= 0.6 is 0 Å². The van der Waals surface area contributed by atoms with Gasteiger partial charge in [0.05, 0.1) is 0 Å². The summed E-state index contributed by atoms with van der Waals surface area (Å²) >= 11 is 0. The van der Waals surface area contributed by atoms with Gasteiger partial charge in [0.2, 0.25) is 0 Å². The first-order valence-corrected chi connectivity index (χ1v) is 9.09. The molecule has 0 radical (unpaired) electrons. The molecule has 1 aromatic carbocycles. The van der Waals surface area contributed by atoms with E-state index in [2.05, 4.69) is 56.6 Å². The van der Waals surface area contributed by atoms with E-state index >= 15 is 0 Å². The Hall–Kier alpha value is -1.81. The first-order chi connectivity index (χ1) is 11.5. The number of carbonyl (C=O) groups is 1. The lowest BCUT2D eigenvalue weighted by molar-refractivity contribution is 0.0772. The number of likely N-dealkylation sites (tertiary alicyclic amines) is 1. The molecule has 1 N–H and O–H groups in total. The van der Waals surface area contributed by atoms with Crippen LogP contribution in [0.2, 0.25) is 0 Å². The first kappa shape index (κ1) is 17.0. The van der Waals surface area contributed by atoms with Crippen molar-refractivity contribution in [3.05, 3.63) is 34.5 Å². The lowest BCUT2D eigenvalue weighted by Gasteiger charge is -2.26. The van der Waals surface area contributed by atoms with Crippen molar-refractivity contribution < 1.29 is 4.79 Å². The molecule has 4 heteroatoms. The molecule has 24 heavy (non-hydrogen) atoms. The molecule has 2 heterocycles. The molecule has 0 bridgehead atoms. The number of nitrogens with zero attached hydrogens (tertiary/aromatic N) is 2. The van der Waals surface area contributed by atoms with E-state index in [9.17, 15) is 4.79 Å². The molecule has 0 saturated carbocycles. The zero-order chi connectivity index (χ0) is 17.4. The van der Waals surface area contributed by atoms with Crippen molar-refractivity contribution in [2.24, 2.45) is 0 Å². The minimum atomic E-state index is 0.149. The molecule has 1 atom stereocenters. The second-order valence-corrected chi connectivity index (χ2v) is 7.04. The molecule has 3 rings (SSSR count). The first-order valence-electron chi connectivity index (χ1n) is 9.09. The zero-order valence-corrected chi connectivity index (χ0v) is 15.6. The third kappa shape index (κ3) is 2.84. The number of rotatable bonds is 4. The molecule has 1 aromatic heterocycles. The van der Waals surface area contributed by atoms with E-state index in [-0.39, 0.29) is 5.91 Å². The largest absolute Gasteiger partial charge is 0.350 e. The average Bonchev–Trinajstić information content (AvgIpc) is 3.15. The summed E-state index contributed by atoms with van der Waals surface area (Å²) in [5.41, 5.74) is 5.38. The Kier molecular flexibility index (Phi) is 4.68. The van der Waals surface area contributed by atoms with Gasteiger partial charge in [-0.25, -0.2) is 0 Å². The van der Waals surface area contributed by atoms with Crippen LogP contribution in [0.5, 0.6) is 0 Å². The van der Waals surface area contributed by atoms with Gasteiger partial charge in [-0.05, 0) is 57.5 Å². The number of likely N-dealkylation sites (N-methyl/N-ethyl adjacent to an activating group) is 1. The monoisotopic (exact) mass is 327 g/mol. The van der Waals surface area contributed by atoms with E-state index in [1.54, 1.807) is 0 Å². The highest BCUT2D eigenvalue weighted by Crippen LogP contribution is 2.28. The summed E-state index contributed by atoms with van der Waals surface area (Å²) < 4.78 is 0. The lowest BCUT2D eigenvalue weighted by Crippen LogP contribution is -2.38. The van der Waals surface area contributed by atoms with Gasteiger partial charge in [0.15, 0.2) is 0 Å². The predicted octanol–water partition coefficient (Wildman–Crippen LogP) is 3.65. The van der Waals surface area contributed by atoms with Gasteiger partial charge in [-0.15, -0.1) is 0 Å². The maximum absolute atomic E-state index is 13.1. The van der Waals surface area contributed by atoms with Crippen LogP contribution in [0.3, 0.4) is 0 Å². The summed E-state index contributed by atoms with van der Waals surface area (Å²) in [6, 6.07) is 4.84. The van der Waals surface area contributed by atoms with Crippen LogP contribution in [0.1, 0.15) is 47.4 Å². The third-order valence-electron chi connectivity index (χ3n) is 5.50. The molecular formula is C20H29N3O. The molecule has 0 unspecified atom stereocenters. The SMILES string of the molecule is CCN(CC)[C@H]1CCN(C(=O)c2[nH]c3c(C)cc(C)cc3c2C)C1. The van der Waals surface area contributed by atoms with Crippen molar-refractivity contribution in [1.29, 1.82) is 0 Å². The highest BCUT2D eigenvalue weighted by molar-refractivity contribution is 6.01. The Balaban J connectivity index is 1.87. The summed E-state index contributed by atoms with van der Waals surface area (Å²) in [5.74, 6) is 0.149. The number of aryl methyl sites for hydroxylation is 3. The number of aromatic amines is 1. The normalized spacial score (nSPS) is 18.1. The quantitative estimate of drug-likeness (QED) is 0.931. The number of fused-ring (bicyclic) bond motifs is 1. The van der Waals surface area contributed by atoms with Gasteiger partial charge in [-0.1, -0.05) is 25.5 Å². The van der Waals surface area contributed by atoms with Gasteiger partial charge in [0.1, 0.15) is 5.69 Å². The molecule has 0 aliphatic carbocycles. The number of amides is 1. The van der Waals surface area contributed by atoms with Crippen molar-refractivity contribution >= 4 is 16.8 Å². The molecule has 1 aliphatic heterocycles. The minimum Gasteiger partial charge on any atom is -0.350 e. The Morgan fingerprint density at radius 3 is 2.62 bits per heavy atom. The number of carbonyl (C=O) groups excluding carboxylic acids is 1. The van der Waals surface area contributed by atoms with Crippen LogP contribution in [-0.4, -0.2) is 52.9 Å². The molecule has 1 amide bonds. The highest BCUT2D eigenvalue weighted by atomic mass is 16.2. The average molecular weight is 327 g/mol. The smallest absolute Gasteiger partial charge is 0.270 e. The standard InChI is InChI=1S/C20H29N3O/c1-6-22(7-2)16-8-9-23(12-16)20(24)19-15(5)17-11-13(3)10-14(4)18(17)21-19/h10-11,16,21H,6-9,12H2,1-5H3/t16-/m0/s1. The Morgan fingerprint density at radius 1 is 1.25 bits per heavy atom. The molecule has 0 spiro atoms.